The zero-order valence-corrected chi connectivity index (χ0v) is 13.8. The maximum atomic E-state index is 11.9. The number of carbonyl (C=O) groups excluding carboxylic acids is 1. The van der Waals surface area contributed by atoms with E-state index in [1.165, 1.54) is 18.2 Å². The molecule has 0 aliphatic rings. The molecule has 128 valence electrons. The van der Waals surface area contributed by atoms with Crippen molar-refractivity contribution in [3.8, 4) is 0 Å². The summed E-state index contributed by atoms with van der Waals surface area (Å²) in [7, 11) is 0. The summed E-state index contributed by atoms with van der Waals surface area (Å²) < 4.78 is 5.01. The molecular weight excluding hydrogens is 320 g/mol. The second-order valence-electron chi connectivity index (χ2n) is 5.47. The van der Waals surface area contributed by atoms with E-state index in [0.717, 1.165) is 11.3 Å². The fourth-order valence-electron chi connectivity index (χ4n) is 2.14. The number of nitrogens with one attached hydrogen (secondary N) is 3. The van der Waals surface area contributed by atoms with Crippen molar-refractivity contribution < 1.29 is 9.21 Å². The van der Waals surface area contributed by atoms with Crippen LogP contribution in [-0.4, -0.2) is 15.9 Å². The largest absolute Gasteiger partial charge is 0.459 e. The Hall–Kier alpha value is -3.55. The summed E-state index contributed by atoms with van der Waals surface area (Å²) in [4.78, 5) is 20.0. The van der Waals surface area contributed by atoms with Gasteiger partial charge in [-0.2, -0.15) is 0 Å². The Balaban J connectivity index is 1.73. The first-order chi connectivity index (χ1) is 12.0. The summed E-state index contributed by atoms with van der Waals surface area (Å²) in [5.41, 5.74) is 14.7. The van der Waals surface area contributed by atoms with Gasteiger partial charge in [0, 0.05) is 5.69 Å². The standard InChI is InChI=1S/C17H18N6O2/c1-10-5-6-12(8-11(10)2)21-15-14(18)16(20-9-19-15)22-23-17(24)13-4-3-7-25-13/h3-9H,18H2,1-2H3,(H,23,24)(H2,19,20,21,22). The summed E-state index contributed by atoms with van der Waals surface area (Å²) in [5, 5.41) is 3.15. The van der Waals surface area contributed by atoms with E-state index < -0.39 is 5.91 Å². The van der Waals surface area contributed by atoms with Gasteiger partial charge in [0.25, 0.3) is 0 Å². The van der Waals surface area contributed by atoms with Crippen molar-refractivity contribution in [2.24, 2.45) is 0 Å². The molecule has 0 aliphatic carbocycles. The number of nitrogens with two attached hydrogens (primary N) is 1. The van der Waals surface area contributed by atoms with Crippen LogP contribution in [0, 0.1) is 13.8 Å². The van der Waals surface area contributed by atoms with E-state index in [4.69, 9.17) is 10.2 Å². The predicted molar refractivity (Wildman–Crippen MR) is 95.4 cm³/mol. The molecule has 0 bridgehead atoms. The van der Waals surface area contributed by atoms with E-state index in [0.29, 0.717) is 5.82 Å². The number of benzene rings is 1. The second kappa shape index (κ2) is 6.91. The zero-order valence-electron chi connectivity index (χ0n) is 13.8. The number of carbonyl (C=O) groups is 1. The van der Waals surface area contributed by atoms with Gasteiger partial charge in [0.05, 0.1) is 6.26 Å². The second-order valence-corrected chi connectivity index (χ2v) is 5.47. The van der Waals surface area contributed by atoms with Crippen LogP contribution in [0.1, 0.15) is 21.7 Å². The molecule has 1 aromatic carbocycles. The number of anilines is 4. The molecule has 8 heteroatoms. The third-order valence-corrected chi connectivity index (χ3v) is 3.69. The minimum atomic E-state index is -0.438. The van der Waals surface area contributed by atoms with Crippen LogP contribution in [0.3, 0.4) is 0 Å². The van der Waals surface area contributed by atoms with Crippen LogP contribution in [0.4, 0.5) is 23.0 Å². The van der Waals surface area contributed by atoms with E-state index in [2.05, 4.69) is 26.1 Å². The number of aromatic nitrogens is 2. The first-order valence-corrected chi connectivity index (χ1v) is 7.59. The molecule has 5 N–H and O–H groups in total. The average molecular weight is 338 g/mol. The van der Waals surface area contributed by atoms with Gasteiger partial charge in [-0.05, 0) is 49.2 Å². The highest BCUT2D eigenvalue weighted by Crippen LogP contribution is 2.26. The van der Waals surface area contributed by atoms with Gasteiger partial charge < -0.3 is 15.5 Å². The van der Waals surface area contributed by atoms with Crippen LogP contribution < -0.4 is 21.9 Å². The number of nitrogen functional groups attached to an aromatic ring is 1. The molecule has 25 heavy (non-hydrogen) atoms. The topological polar surface area (TPSA) is 118 Å². The van der Waals surface area contributed by atoms with Crippen LogP contribution in [0.5, 0.6) is 0 Å². The summed E-state index contributed by atoms with van der Waals surface area (Å²) in [6.45, 7) is 4.07. The zero-order chi connectivity index (χ0) is 17.8. The van der Waals surface area contributed by atoms with Crippen LogP contribution in [0.15, 0.2) is 47.3 Å². The van der Waals surface area contributed by atoms with Gasteiger partial charge in [-0.25, -0.2) is 9.97 Å². The lowest BCUT2D eigenvalue weighted by molar-refractivity contribution is 0.0935. The first-order valence-electron chi connectivity index (χ1n) is 7.59. The number of rotatable bonds is 5. The van der Waals surface area contributed by atoms with E-state index >= 15 is 0 Å². The SMILES string of the molecule is Cc1ccc(Nc2ncnc(NNC(=O)c3ccco3)c2N)cc1C. The van der Waals surface area contributed by atoms with Gasteiger partial charge in [-0.1, -0.05) is 6.07 Å². The highest BCUT2D eigenvalue weighted by Gasteiger charge is 2.12. The molecular formula is C17H18N6O2. The minimum Gasteiger partial charge on any atom is -0.459 e. The summed E-state index contributed by atoms with van der Waals surface area (Å²) in [6, 6.07) is 9.13. The maximum Gasteiger partial charge on any atom is 0.305 e. The average Bonchev–Trinajstić information content (AvgIpc) is 3.13. The summed E-state index contributed by atoms with van der Waals surface area (Å²) >= 11 is 0. The smallest absolute Gasteiger partial charge is 0.305 e. The van der Waals surface area contributed by atoms with Crippen molar-refractivity contribution in [3.05, 3.63) is 59.8 Å². The van der Waals surface area contributed by atoms with E-state index in [-0.39, 0.29) is 17.3 Å². The number of hydrazine groups is 1. The highest BCUT2D eigenvalue weighted by molar-refractivity contribution is 5.92. The lowest BCUT2D eigenvalue weighted by Crippen LogP contribution is -2.30. The molecule has 3 aromatic rings. The molecule has 2 heterocycles. The Morgan fingerprint density at radius 3 is 2.64 bits per heavy atom. The van der Waals surface area contributed by atoms with Crippen molar-refractivity contribution in [2.75, 3.05) is 16.5 Å². The molecule has 0 saturated heterocycles. The molecule has 3 rings (SSSR count). The fraction of sp³-hybridized carbons (Fsp3) is 0.118. The third kappa shape index (κ3) is 3.69. The number of amides is 1. The van der Waals surface area contributed by atoms with Crippen molar-refractivity contribution in [1.29, 1.82) is 0 Å². The summed E-state index contributed by atoms with van der Waals surface area (Å²) in [5.74, 6) is 0.453. The number of furan rings is 1. The van der Waals surface area contributed by atoms with Gasteiger partial charge in [0.2, 0.25) is 0 Å². The molecule has 0 unspecified atom stereocenters. The highest BCUT2D eigenvalue weighted by atomic mass is 16.3. The molecule has 0 saturated carbocycles. The fourth-order valence-corrected chi connectivity index (χ4v) is 2.14. The number of hydrogen-bond donors (Lipinski definition) is 4. The Morgan fingerprint density at radius 2 is 1.92 bits per heavy atom. The minimum absolute atomic E-state index is 0.175. The third-order valence-electron chi connectivity index (χ3n) is 3.69. The van der Waals surface area contributed by atoms with Crippen LogP contribution in [0.25, 0.3) is 0 Å². The number of hydrogen-bond acceptors (Lipinski definition) is 7. The van der Waals surface area contributed by atoms with Crippen molar-refractivity contribution in [1.82, 2.24) is 15.4 Å². The Labute approximate surface area is 144 Å². The quantitative estimate of drug-likeness (QED) is 0.528. The van der Waals surface area contributed by atoms with Crippen LogP contribution >= 0.6 is 0 Å². The van der Waals surface area contributed by atoms with E-state index in [9.17, 15) is 4.79 Å². The first kappa shape index (κ1) is 16.3. The monoisotopic (exact) mass is 338 g/mol. The van der Waals surface area contributed by atoms with Crippen molar-refractivity contribution in [3.63, 3.8) is 0 Å². The van der Waals surface area contributed by atoms with E-state index in [1.807, 2.05) is 32.0 Å². The van der Waals surface area contributed by atoms with Gasteiger partial charge in [-0.15, -0.1) is 0 Å². The number of nitrogens with zero attached hydrogens (tertiary/aromatic N) is 2. The Morgan fingerprint density at radius 1 is 1.12 bits per heavy atom. The van der Waals surface area contributed by atoms with Crippen LogP contribution in [0.2, 0.25) is 0 Å². The molecule has 2 aromatic heterocycles. The van der Waals surface area contributed by atoms with Gasteiger partial charge >= 0.3 is 5.91 Å². The predicted octanol–water partition coefficient (Wildman–Crippen LogP) is 2.77. The Kier molecular flexibility index (Phi) is 4.51. The van der Waals surface area contributed by atoms with Gasteiger partial charge in [-0.3, -0.25) is 15.6 Å². The van der Waals surface area contributed by atoms with Gasteiger partial charge in [0.15, 0.2) is 17.4 Å². The lowest BCUT2D eigenvalue weighted by Gasteiger charge is -2.13. The molecule has 8 nitrogen and oxygen atoms in total. The van der Waals surface area contributed by atoms with Crippen LogP contribution in [-0.2, 0) is 0 Å². The summed E-state index contributed by atoms with van der Waals surface area (Å²) in [6.07, 6.45) is 2.76. The molecule has 1 amide bonds. The maximum absolute atomic E-state index is 11.9. The molecule has 0 atom stereocenters. The number of aryl methyl sites for hydroxylation is 2. The molecule has 0 spiro atoms. The molecule has 0 fully saturated rings. The Bertz CT molecular complexity index is 892. The van der Waals surface area contributed by atoms with Gasteiger partial charge in [0.1, 0.15) is 12.0 Å². The van der Waals surface area contributed by atoms with Crippen molar-refractivity contribution >= 4 is 28.9 Å². The van der Waals surface area contributed by atoms with E-state index in [1.54, 1.807) is 12.1 Å². The normalized spacial score (nSPS) is 10.3. The van der Waals surface area contributed by atoms with Crippen molar-refractivity contribution in [2.45, 2.75) is 13.8 Å². The lowest BCUT2D eigenvalue weighted by atomic mass is 10.1. The molecule has 0 radical (unpaired) electrons. The molecule has 0 aliphatic heterocycles.